The lowest BCUT2D eigenvalue weighted by Gasteiger charge is -2.24. The first-order valence-corrected chi connectivity index (χ1v) is 11.9. The maximum absolute atomic E-state index is 12.6. The van der Waals surface area contributed by atoms with Crippen LogP contribution in [0.2, 0.25) is 0 Å². The number of anilines is 2. The van der Waals surface area contributed by atoms with E-state index in [1.807, 2.05) is 6.07 Å². The highest BCUT2D eigenvalue weighted by Crippen LogP contribution is 2.36. The highest BCUT2D eigenvalue weighted by molar-refractivity contribution is 7.17. The normalized spacial score (nSPS) is 14.2. The molecule has 0 fully saturated rings. The Kier molecular flexibility index (Phi) is 7.60. The maximum Gasteiger partial charge on any atom is 0.394 e. The van der Waals surface area contributed by atoms with Gasteiger partial charge in [-0.15, -0.1) is 11.3 Å². The van der Waals surface area contributed by atoms with Gasteiger partial charge in [0.05, 0.1) is 5.56 Å². The van der Waals surface area contributed by atoms with E-state index >= 15 is 0 Å². The Morgan fingerprint density at radius 3 is 2.22 bits per heavy atom. The van der Waals surface area contributed by atoms with Crippen molar-refractivity contribution in [2.24, 2.45) is 0 Å². The monoisotopic (exact) mass is 522 g/mol. The second-order valence-electron chi connectivity index (χ2n) is 8.16. The second-order valence-corrected chi connectivity index (χ2v) is 9.27. The summed E-state index contributed by atoms with van der Waals surface area (Å²) in [6.07, 6.45) is 0.265. The van der Waals surface area contributed by atoms with E-state index in [0.29, 0.717) is 33.8 Å². The van der Waals surface area contributed by atoms with Gasteiger partial charge in [-0.3, -0.25) is 14.4 Å². The van der Waals surface area contributed by atoms with Crippen LogP contribution in [0.25, 0.3) is 0 Å². The number of carboxylic acids is 2. The molecule has 12 heteroatoms. The average molecular weight is 523 g/mol. The minimum atomic E-state index is -1.71. The van der Waals surface area contributed by atoms with E-state index < -0.39 is 17.8 Å². The number of rotatable bonds is 7. The summed E-state index contributed by atoms with van der Waals surface area (Å²) in [7, 11) is 0. The molecule has 2 aromatic carbocycles. The minimum Gasteiger partial charge on any atom is -0.478 e. The summed E-state index contributed by atoms with van der Waals surface area (Å²) in [5.74, 6) is -4.91. The van der Waals surface area contributed by atoms with Crippen molar-refractivity contribution in [3.63, 3.8) is 0 Å². The molecule has 0 unspecified atom stereocenters. The first-order valence-electron chi connectivity index (χ1n) is 11.1. The average Bonchev–Trinajstić information content (AvgIpc) is 3.25. The predicted octanol–water partition coefficient (Wildman–Crippen LogP) is 2.17. The Balaban J connectivity index is 1.35. The fourth-order valence-corrected chi connectivity index (χ4v) is 5.02. The van der Waals surface area contributed by atoms with E-state index in [0.717, 1.165) is 11.3 Å². The van der Waals surface area contributed by atoms with Crippen LogP contribution in [-0.2, 0) is 22.6 Å². The lowest BCUT2D eigenvalue weighted by Crippen LogP contribution is -2.44. The molecular weight excluding hydrogens is 500 g/mol. The van der Waals surface area contributed by atoms with Crippen LogP contribution in [0.5, 0.6) is 0 Å². The quantitative estimate of drug-likeness (QED) is 0.256. The van der Waals surface area contributed by atoms with Crippen molar-refractivity contribution in [1.82, 2.24) is 10.6 Å². The highest BCUT2D eigenvalue weighted by atomic mass is 32.1. The molecule has 190 valence electrons. The Morgan fingerprint density at radius 2 is 1.57 bits per heavy atom. The Morgan fingerprint density at radius 1 is 0.892 bits per heavy atom. The maximum atomic E-state index is 12.6. The van der Waals surface area contributed by atoms with Crippen molar-refractivity contribution in [3.8, 4) is 0 Å². The number of amides is 3. The molecule has 0 spiro atoms. The number of carbonyl (C=O) groups is 5. The molecule has 4 rings (SSSR count). The zero-order chi connectivity index (χ0) is 26.5. The number of fused-ring (bicyclic) bond motifs is 1. The molecule has 3 aromatic rings. The Labute approximate surface area is 214 Å². The van der Waals surface area contributed by atoms with Crippen molar-refractivity contribution < 1.29 is 34.2 Å². The molecule has 2 heterocycles. The molecule has 1 aliphatic rings. The van der Waals surface area contributed by atoms with E-state index in [4.69, 9.17) is 5.11 Å². The van der Waals surface area contributed by atoms with Crippen LogP contribution in [0.3, 0.4) is 0 Å². The summed E-state index contributed by atoms with van der Waals surface area (Å²) >= 11 is 1.01. The minimum absolute atomic E-state index is 0.0316. The summed E-state index contributed by atoms with van der Waals surface area (Å²) < 4.78 is 0. The van der Waals surface area contributed by atoms with Gasteiger partial charge in [-0.05, 0) is 48.4 Å². The van der Waals surface area contributed by atoms with Gasteiger partial charge in [0, 0.05) is 40.8 Å². The lowest BCUT2D eigenvalue weighted by molar-refractivity contribution is -0.147. The van der Waals surface area contributed by atoms with Crippen LogP contribution in [0.1, 0.15) is 41.5 Å². The van der Waals surface area contributed by atoms with Crippen LogP contribution in [0, 0.1) is 0 Å². The highest BCUT2D eigenvalue weighted by Gasteiger charge is 2.30. The summed E-state index contributed by atoms with van der Waals surface area (Å²) in [6, 6.07) is 14.9. The second kappa shape index (κ2) is 11.0. The van der Waals surface area contributed by atoms with E-state index in [-0.39, 0.29) is 41.4 Å². The number of carboxylic acid groups (broad SMARTS) is 2. The third-order valence-electron chi connectivity index (χ3n) is 5.68. The summed E-state index contributed by atoms with van der Waals surface area (Å²) in [4.78, 5) is 59.8. The Bertz CT molecular complexity index is 1370. The van der Waals surface area contributed by atoms with E-state index in [9.17, 15) is 29.1 Å². The standard InChI is InChI=1S/C25H22N4O7S/c30-20(14-6-8-15(9-7-14)28-21(31)13-4-2-1-3-5-13)27-11-16-10-17-18(12-26-16)37-23(19(17)24(33)34)29-22(32)25(35)36/h1-9,16,26H,10-12H2,(H,27,30)(H,28,31)(H,29,32)(H,33,34)(H,35,36)/t16-/m1/s1. The third kappa shape index (κ3) is 6.00. The number of nitrogens with one attached hydrogen (secondary N) is 4. The molecule has 0 saturated carbocycles. The number of thiophene rings is 1. The van der Waals surface area contributed by atoms with Crippen molar-refractivity contribution in [2.75, 3.05) is 17.2 Å². The van der Waals surface area contributed by atoms with Crippen molar-refractivity contribution in [2.45, 2.75) is 19.0 Å². The number of carbonyl (C=O) groups excluding carboxylic acids is 3. The van der Waals surface area contributed by atoms with Gasteiger partial charge in [0.15, 0.2) is 0 Å². The molecule has 6 N–H and O–H groups in total. The van der Waals surface area contributed by atoms with Crippen LogP contribution >= 0.6 is 11.3 Å². The number of hydrogen-bond acceptors (Lipinski definition) is 7. The SMILES string of the molecule is O=C(O)C(=O)Nc1sc2c(c1C(=O)O)C[C@H](CNC(=O)c1ccc(NC(=O)c3ccccc3)cc1)NC2. The molecule has 0 aliphatic carbocycles. The largest absolute Gasteiger partial charge is 0.478 e. The molecule has 0 bridgehead atoms. The Hall–Kier alpha value is -4.55. The molecule has 0 radical (unpaired) electrons. The van der Waals surface area contributed by atoms with Gasteiger partial charge >= 0.3 is 17.8 Å². The van der Waals surface area contributed by atoms with Crippen LogP contribution in [0.4, 0.5) is 10.7 Å². The molecule has 0 saturated heterocycles. The third-order valence-corrected chi connectivity index (χ3v) is 6.83. The fraction of sp³-hybridized carbons (Fsp3) is 0.160. The van der Waals surface area contributed by atoms with E-state index in [2.05, 4.69) is 21.3 Å². The smallest absolute Gasteiger partial charge is 0.394 e. The molecular formula is C25H22N4O7S. The fourth-order valence-electron chi connectivity index (χ4n) is 3.86. The van der Waals surface area contributed by atoms with Crippen molar-refractivity contribution in [3.05, 3.63) is 81.7 Å². The van der Waals surface area contributed by atoms with Gasteiger partial charge in [-0.25, -0.2) is 9.59 Å². The van der Waals surface area contributed by atoms with Gasteiger partial charge < -0.3 is 31.5 Å². The van der Waals surface area contributed by atoms with Crippen LogP contribution in [0.15, 0.2) is 54.6 Å². The van der Waals surface area contributed by atoms with Gasteiger partial charge in [0.1, 0.15) is 5.00 Å². The van der Waals surface area contributed by atoms with Gasteiger partial charge in [0.25, 0.3) is 11.8 Å². The molecule has 3 amide bonds. The number of aromatic carboxylic acids is 1. The summed E-state index contributed by atoms with van der Waals surface area (Å²) in [5.41, 5.74) is 1.79. The topological polar surface area (TPSA) is 174 Å². The van der Waals surface area contributed by atoms with Crippen LogP contribution < -0.4 is 21.3 Å². The van der Waals surface area contributed by atoms with E-state index in [1.54, 1.807) is 48.5 Å². The van der Waals surface area contributed by atoms with Crippen molar-refractivity contribution in [1.29, 1.82) is 0 Å². The van der Waals surface area contributed by atoms with Gasteiger partial charge in [-0.1, -0.05) is 18.2 Å². The summed E-state index contributed by atoms with van der Waals surface area (Å²) in [6.45, 7) is 0.510. The van der Waals surface area contributed by atoms with Crippen LogP contribution in [-0.4, -0.2) is 52.5 Å². The molecule has 37 heavy (non-hydrogen) atoms. The first kappa shape index (κ1) is 25.5. The predicted molar refractivity (Wildman–Crippen MR) is 135 cm³/mol. The molecule has 1 atom stereocenters. The number of benzene rings is 2. The zero-order valence-electron chi connectivity index (χ0n) is 19.2. The molecule has 1 aliphatic heterocycles. The molecule has 1 aromatic heterocycles. The van der Waals surface area contributed by atoms with Gasteiger partial charge in [0.2, 0.25) is 0 Å². The zero-order valence-corrected chi connectivity index (χ0v) is 20.1. The van der Waals surface area contributed by atoms with Gasteiger partial charge in [-0.2, -0.15) is 0 Å². The van der Waals surface area contributed by atoms with E-state index in [1.165, 1.54) is 0 Å². The molecule has 11 nitrogen and oxygen atoms in total. The first-order chi connectivity index (χ1) is 17.7. The van der Waals surface area contributed by atoms with Crippen molar-refractivity contribution >= 4 is 51.7 Å². The number of hydrogen-bond donors (Lipinski definition) is 6. The summed E-state index contributed by atoms with van der Waals surface area (Å²) in [5, 5.41) is 29.3. The number of aliphatic carboxylic acids is 1. The lowest BCUT2D eigenvalue weighted by atomic mass is 9.98.